The van der Waals surface area contributed by atoms with Crippen LogP contribution in [0.5, 0.6) is 11.5 Å². The van der Waals surface area contributed by atoms with Crippen LogP contribution in [0.4, 0.5) is 0 Å². The van der Waals surface area contributed by atoms with E-state index in [9.17, 15) is 9.59 Å². The Bertz CT molecular complexity index is 1840. The Morgan fingerprint density at radius 1 is 1.09 bits per heavy atom. The number of para-hydroxylation sites is 1. The molecule has 0 saturated carbocycles. The van der Waals surface area contributed by atoms with Crippen molar-refractivity contribution < 1.29 is 23.5 Å². The van der Waals surface area contributed by atoms with Crippen molar-refractivity contribution in [3.05, 3.63) is 105 Å². The van der Waals surface area contributed by atoms with E-state index in [0.29, 0.717) is 39.6 Å². The average molecular weight is 663 g/mol. The van der Waals surface area contributed by atoms with Gasteiger partial charge in [0, 0.05) is 17.0 Å². The third-order valence-electron chi connectivity index (χ3n) is 7.01. The summed E-state index contributed by atoms with van der Waals surface area (Å²) in [7, 11) is 3.16. The van der Waals surface area contributed by atoms with Crippen molar-refractivity contribution >= 4 is 52.2 Å². The van der Waals surface area contributed by atoms with Gasteiger partial charge in [0.1, 0.15) is 0 Å². The molecule has 3 aromatic heterocycles. The second-order valence-electron chi connectivity index (χ2n) is 9.73. The van der Waals surface area contributed by atoms with Gasteiger partial charge in [0.15, 0.2) is 28.2 Å². The molecule has 1 aliphatic heterocycles. The highest BCUT2D eigenvalue weighted by Crippen LogP contribution is 2.42. The van der Waals surface area contributed by atoms with Gasteiger partial charge in [-0.05, 0) is 47.8 Å². The zero-order valence-corrected chi connectivity index (χ0v) is 26.6. The predicted octanol–water partition coefficient (Wildman–Crippen LogP) is 5.99. The van der Waals surface area contributed by atoms with Crippen molar-refractivity contribution in [1.82, 2.24) is 25.1 Å². The highest BCUT2D eigenvalue weighted by atomic mass is 35.5. The Morgan fingerprint density at radius 2 is 1.96 bits per heavy atom. The first-order valence-electron chi connectivity index (χ1n) is 13.8. The van der Waals surface area contributed by atoms with Crippen LogP contribution in [0.25, 0.3) is 5.69 Å². The van der Waals surface area contributed by atoms with Gasteiger partial charge in [0.05, 0.1) is 55.1 Å². The van der Waals surface area contributed by atoms with Crippen LogP contribution in [0.15, 0.2) is 93.0 Å². The van der Waals surface area contributed by atoms with Crippen molar-refractivity contribution in [2.24, 2.45) is 5.10 Å². The number of carbonyl (C=O) groups excluding carboxylic acids is 2. The topological polar surface area (TPSA) is 124 Å². The summed E-state index contributed by atoms with van der Waals surface area (Å²) in [4.78, 5) is 27.4. The minimum Gasteiger partial charge on any atom is -0.493 e. The number of nitrogens with one attached hydrogen (secondary N) is 1. The normalized spacial score (nSPS) is 14.3. The summed E-state index contributed by atoms with van der Waals surface area (Å²) in [6, 6.07) is 19.5. The maximum Gasteiger partial charge on any atom is 0.287 e. The quantitative estimate of drug-likeness (QED) is 0.171. The fourth-order valence-electron chi connectivity index (χ4n) is 4.98. The highest BCUT2D eigenvalue weighted by molar-refractivity contribution is 7.99. The third-order valence-corrected chi connectivity index (χ3v) is 9.08. The van der Waals surface area contributed by atoms with E-state index in [-0.39, 0.29) is 24.0 Å². The standard InChI is InChI=1S/C31H27ClN6O5S2/c1-41-24-10-4-9-21(29(24)42-2)23-16-22(26-12-6-14-44-26)36-38(23)28(39)18-45-31-35-34-27(17-33-30(40)25-11-5-13-43-25)37(31)20-8-3-7-19(32)15-20/h3-15,23H,16-18H2,1-2H3,(H,33,40). The SMILES string of the molecule is COc1cccc(C2CC(c3cccs3)=NN2C(=O)CSc2nnc(CNC(=O)c3ccco3)n2-c2cccc(Cl)c2)c1OC. The third kappa shape index (κ3) is 6.46. The molecule has 14 heteroatoms. The molecule has 5 aromatic rings. The molecular weight excluding hydrogens is 636 g/mol. The van der Waals surface area contributed by atoms with Crippen LogP contribution >= 0.6 is 34.7 Å². The van der Waals surface area contributed by atoms with Crippen molar-refractivity contribution in [3.8, 4) is 17.2 Å². The van der Waals surface area contributed by atoms with Crippen molar-refractivity contribution in [3.63, 3.8) is 0 Å². The van der Waals surface area contributed by atoms with Gasteiger partial charge in [0.25, 0.3) is 11.8 Å². The van der Waals surface area contributed by atoms with Crippen molar-refractivity contribution in [1.29, 1.82) is 0 Å². The number of carbonyl (C=O) groups is 2. The van der Waals surface area contributed by atoms with Gasteiger partial charge in [-0.1, -0.05) is 47.6 Å². The number of amides is 2. The van der Waals surface area contributed by atoms with Gasteiger partial charge >= 0.3 is 0 Å². The van der Waals surface area contributed by atoms with E-state index in [2.05, 4.69) is 15.5 Å². The van der Waals surface area contributed by atoms with Gasteiger partial charge in [-0.2, -0.15) is 5.10 Å². The number of furan rings is 1. The minimum absolute atomic E-state index is 0.0153. The number of hydrogen-bond donors (Lipinski definition) is 1. The second kappa shape index (κ2) is 13.6. The molecule has 2 amide bonds. The summed E-state index contributed by atoms with van der Waals surface area (Å²) in [5.74, 6) is 1.15. The van der Waals surface area contributed by atoms with Gasteiger partial charge in [-0.25, -0.2) is 5.01 Å². The number of rotatable bonds is 11. The first-order chi connectivity index (χ1) is 22.0. The molecule has 1 N–H and O–H groups in total. The van der Waals surface area contributed by atoms with E-state index in [4.69, 9.17) is 30.6 Å². The van der Waals surface area contributed by atoms with Crippen LogP contribution in [0, 0.1) is 0 Å². The number of hydrazone groups is 1. The fourth-order valence-corrected chi connectivity index (χ4v) is 6.71. The Kier molecular flexibility index (Phi) is 9.19. The Labute approximate surface area is 271 Å². The highest BCUT2D eigenvalue weighted by Gasteiger charge is 2.36. The van der Waals surface area contributed by atoms with Gasteiger partial charge in [-0.15, -0.1) is 21.5 Å². The Hall–Kier alpha value is -4.59. The van der Waals surface area contributed by atoms with E-state index in [1.54, 1.807) is 60.5 Å². The largest absolute Gasteiger partial charge is 0.493 e. The molecule has 2 aromatic carbocycles. The molecule has 6 rings (SSSR count). The number of nitrogens with zero attached hydrogens (tertiary/aromatic N) is 5. The van der Waals surface area contributed by atoms with Crippen LogP contribution in [-0.4, -0.2) is 57.3 Å². The molecule has 0 spiro atoms. The molecule has 11 nitrogen and oxygen atoms in total. The van der Waals surface area contributed by atoms with E-state index in [0.717, 1.165) is 16.2 Å². The van der Waals surface area contributed by atoms with E-state index in [1.165, 1.54) is 23.0 Å². The first kappa shape index (κ1) is 30.4. The number of thiophene rings is 1. The maximum atomic E-state index is 13.9. The number of methoxy groups -OCH3 is 2. The molecule has 45 heavy (non-hydrogen) atoms. The van der Waals surface area contributed by atoms with Crippen LogP contribution in [0.3, 0.4) is 0 Å². The molecular formula is C31H27ClN6O5S2. The number of benzene rings is 2. The molecule has 230 valence electrons. The fraction of sp³-hybridized carbons (Fsp3) is 0.194. The van der Waals surface area contributed by atoms with Gasteiger partial charge in [0.2, 0.25) is 0 Å². The lowest BCUT2D eigenvalue weighted by Gasteiger charge is -2.24. The van der Waals surface area contributed by atoms with Gasteiger partial charge < -0.3 is 19.2 Å². The van der Waals surface area contributed by atoms with Crippen molar-refractivity contribution in [2.45, 2.75) is 24.2 Å². The summed E-state index contributed by atoms with van der Waals surface area (Å²) in [5.41, 5.74) is 2.29. The molecule has 1 aliphatic rings. The molecule has 1 unspecified atom stereocenters. The Balaban J connectivity index is 1.27. The second-order valence-corrected chi connectivity index (χ2v) is 12.1. The lowest BCUT2D eigenvalue weighted by atomic mass is 9.99. The number of aromatic nitrogens is 3. The maximum absolute atomic E-state index is 13.9. The average Bonchev–Trinajstić information content (AvgIpc) is 3.89. The van der Waals surface area contributed by atoms with Crippen LogP contribution in [-0.2, 0) is 11.3 Å². The van der Waals surface area contributed by atoms with Gasteiger partial charge in [-0.3, -0.25) is 14.2 Å². The zero-order chi connectivity index (χ0) is 31.3. The molecule has 0 bridgehead atoms. The summed E-state index contributed by atoms with van der Waals surface area (Å²) in [6.07, 6.45) is 1.94. The molecule has 0 fully saturated rings. The molecule has 0 radical (unpaired) electrons. The first-order valence-corrected chi connectivity index (χ1v) is 16.0. The molecule has 0 saturated heterocycles. The summed E-state index contributed by atoms with van der Waals surface area (Å²) in [5, 5.41) is 20.7. The van der Waals surface area contributed by atoms with Crippen LogP contribution in [0.1, 0.15) is 39.3 Å². The summed E-state index contributed by atoms with van der Waals surface area (Å²) in [6.45, 7) is 0.0614. The number of hydrogen-bond acceptors (Lipinski definition) is 10. The van der Waals surface area contributed by atoms with Crippen LogP contribution in [0.2, 0.25) is 5.02 Å². The summed E-state index contributed by atoms with van der Waals surface area (Å²) < 4.78 is 18.2. The van der Waals surface area contributed by atoms with Crippen molar-refractivity contribution in [2.75, 3.05) is 20.0 Å². The summed E-state index contributed by atoms with van der Waals surface area (Å²) >= 11 is 9.10. The van der Waals surface area contributed by atoms with Crippen LogP contribution < -0.4 is 14.8 Å². The number of halogens is 1. The molecule has 0 aliphatic carbocycles. The molecule has 4 heterocycles. The predicted molar refractivity (Wildman–Crippen MR) is 172 cm³/mol. The number of ether oxygens (including phenoxy) is 2. The molecule has 1 atom stereocenters. The lowest BCUT2D eigenvalue weighted by Crippen LogP contribution is -2.29. The van der Waals surface area contributed by atoms with E-state index in [1.807, 2.05) is 41.8 Å². The van der Waals surface area contributed by atoms with E-state index < -0.39 is 11.9 Å². The minimum atomic E-state index is -0.404. The Morgan fingerprint density at radius 3 is 2.69 bits per heavy atom. The van der Waals surface area contributed by atoms with E-state index >= 15 is 0 Å². The monoisotopic (exact) mass is 662 g/mol. The number of thioether (sulfide) groups is 1. The smallest absolute Gasteiger partial charge is 0.287 e. The zero-order valence-electron chi connectivity index (χ0n) is 24.2. The lowest BCUT2D eigenvalue weighted by molar-refractivity contribution is -0.130.